The number of para-hydroxylation sites is 2. The molecule has 2 heteroatoms. The van der Waals surface area contributed by atoms with Crippen molar-refractivity contribution in [3.05, 3.63) is 289 Å². The zero-order valence-corrected chi connectivity index (χ0v) is 39.8. The molecule has 73 heavy (non-hydrogen) atoms. The van der Waals surface area contributed by atoms with Gasteiger partial charge in [0.2, 0.25) is 0 Å². The first-order valence-electron chi connectivity index (χ1n) is 25.4. The van der Waals surface area contributed by atoms with E-state index in [1.54, 1.807) is 0 Å². The largest absolute Gasteiger partial charge is 0.309 e. The van der Waals surface area contributed by atoms with Gasteiger partial charge in [-0.1, -0.05) is 218 Å². The summed E-state index contributed by atoms with van der Waals surface area (Å²) in [5.41, 5.74) is 19.2. The van der Waals surface area contributed by atoms with Crippen LogP contribution < -0.4 is 4.90 Å². The average Bonchev–Trinajstić information content (AvgIpc) is 4.08. The van der Waals surface area contributed by atoms with Crippen LogP contribution in [-0.2, 0) is 5.41 Å². The van der Waals surface area contributed by atoms with Crippen molar-refractivity contribution in [2.24, 2.45) is 0 Å². The summed E-state index contributed by atoms with van der Waals surface area (Å²) in [5.74, 6) is 0. The highest BCUT2D eigenvalue weighted by atomic mass is 15.2. The monoisotopic (exact) mass is 924 g/mol. The molecule has 0 saturated heterocycles. The van der Waals surface area contributed by atoms with Gasteiger partial charge in [-0.3, -0.25) is 0 Å². The van der Waals surface area contributed by atoms with Crippen LogP contribution in [0, 0.1) is 0 Å². The summed E-state index contributed by atoms with van der Waals surface area (Å²) in [6.07, 6.45) is 0. The Kier molecular flexibility index (Phi) is 8.41. The van der Waals surface area contributed by atoms with Gasteiger partial charge in [0, 0.05) is 33.1 Å². The zero-order chi connectivity index (χ0) is 47.8. The number of benzene rings is 13. The van der Waals surface area contributed by atoms with Gasteiger partial charge >= 0.3 is 0 Å². The van der Waals surface area contributed by atoms with Crippen LogP contribution in [-0.4, -0.2) is 4.57 Å². The van der Waals surface area contributed by atoms with Gasteiger partial charge in [-0.25, -0.2) is 0 Å². The van der Waals surface area contributed by atoms with Gasteiger partial charge in [0.25, 0.3) is 0 Å². The number of fused-ring (bicyclic) bond motifs is 21. The van der Waals surface area contributed by atoms with Crippen LogP contribution in [0.25, 0.3) is 104 Å². The molecule has 0 unspecified atom stereocenters. The highest BCUT2D eigenvalue weighted by Crippen LogP contribution is 2.65. The Balaban J connectivity index is 1.00. The summed E-state index contributed by atoms with van der Waals surface area (Å²) in [6.45, 7) is 0. The van der Waals surface area contributed by atoms with Crippen LogP contribution >= 0.6 is 0 Å². The predicted octanol–water partition coefficient (Wildman–Crippen LogP) is 18.9. The molecule has 1 heterocycles. The summed E-state index contributed by atoms with van der Waals surface area (Å²) in [7, 11) is 0. The van der Waals surface area contributed by atoms with E-state index in [1.807, 2.05) is 0 Å². The minimum atomic E-state index is -0.474. The molecule has 13 aromatic carbocycles. The van der Waals surface area contributed by atoms with Crippen LogP contribution in [0.1, 0.15) is 22.3 Å². The maximum absolute atomic E-state index is 2.57. The Morgan fingerprint density at radius 2 is 0.808 bits per heavy atom. The van der Waals surface area contributed by atoms with E-state index in [4.69, 9.17) is 0 Å². The summed E-state index contributed by atoms with van der Waals surface area (Å²) in [4.78, 5) is 2.57. The predicted molar refractivity (Wildman–Crippen MR) is 307 cm³/mol. The third-order valence-corrected chi connectivity index (χ3v) is 16.3. The van der Waals surface area contributed by atoms with E-state index < -0.39 is 5.41 Å². The fourth-order valence-electron chi connectivity index (χ4n) is 13.4. The number of hydrogen-bond acceptors (Lipinski definition) is 1. The van der Waals surface area contributed by atoms with Crippen LogP contribution in [0.2, 0.25) is 0 Å². The molecule has 338 valence electrons. The number of nitrogens with zero attached hydrogens (tertiary/aromatic N) is 2. The second-order valence-electron chi connectivity index (χ2n) is 19.9. The summed E-state index contributed by atoms with van der Waals surface area (Å²) in [6, 6.07) is 99.8. The first-order chi connectivity index (χ1) is 36.3. The second kappa shape index (κ2) is 15.3. The van der Waals surface area contributed by atoms with Crippen LogP contribution in [0.3, 0.4) is 0 Å². The summed E-state index contributed by atoms with van der Waals surface area (Å²) < 4.78 is 2.53. The van der Waals surface area contributed by atoms with Gasteiger partial charge in [-0.15, -0.1) is 0 Å². The molecule has 2 aliphatic carbocycles. The highest BCUT2D eigenvalue weighted by molar-refractivity contribution is 6.27. The van der Waals surface area contributed by atoms with E-state index >= 15 is 0 Å². The summed E-state index contributed by atoms with van der Waals surface area (Å²) >= 11 is 0. The molecule has 1 spiro atoms. The van der Waals surface area contributed by atoms with Crippen molar-refractivity contribution < 1.29 is 0 Å². The van der Waals surface area contributed by atoms with E-state index in [0.29, 0.717) is 0 Å². The Morgan fingerprint density at radius 1 is 0.315 bits per heavy atom. The molecule has 0 N–H and O–H groups in total. The molecule has 0 amide bonds. The van der Waals surface area contributed by atoms with E-state index in [1.165, 1.54) is 115 Å². The molecular weight excluding hydrogens is 881 g/mol. The Labute approximate surface area is 422 Å². The fraction of sp³-hybridized carbons (Fsp3) is 0.0141. The minimum Gasteiger partial charge on any atom is -0.309 e. The van der Waals surface area contributed by atoms with E-state index in [0.717, 1.165) is 28.3 Å². The van der Waals surface area contributed by atoms with Gasteiger partial charge in [0.05, 0.1) is 27.8 Å². The number of anilines is 3. The minimum absolute atomic E-state index is 0.474. The van der Waals surface area contributed by atoms with Crippen molar-refractivity contribution in [3.8, 4) is 39.1 Å². The van der Waals surface area contributed by atoms with E-state index in [2.05, 4.69) is 276 Å². The topological polar surface area (TPSA) is 8.17 Å². The van der Waals surface area contributed by atoms with Crippen molar-refractivity contribution in [1.29, 1.82) is 0 Å². The van der Waals surface area contributed by atoms with Gasteiger partial charge in [0.15, 0.2) is 0 Å². The number of rotatable bonds is 5. The number of aromatic nitrogens is 1. The van der Waals surface area contributed by atoms with Crippen molar-refractivity contribution in [1.82, 2.24) is 4.57 Å². The zero-order valence-electron chi connectivity index (χ0n) is 39.8. The maximum Gasteiger partial charge on any atom is 0.0726 e. The molecule has 0 fully saturated rings. The molecular formula is C71H44N2. The summed E-state index contributed by atoms with van der Waals surface area (Å²) in [5, 5.41) is 12.5. The standard InChI is InChI=1S/C71H44N2/c1-3-21-48(22-4-1)72(65-37-19-36-64-68(65)58-32-15-18-35-63(58)71(64)61-33-16-13-30-56(61)57-31-14-17-34-62(57)71)67-44-47-20-7-8-25-50(47)70-69(67)59-41-39-46(43-66(59)73(70)49-23-5-2-6-24-49)45-38-40-55-53-28-10-9-26-51(53)52-27-11-12-29-54(52)60(55)42-45/h1-44H. The molecule has 2 aliphatic rings. The SMILES string of the molecule is c1ccc(N(c2cccc3c2-c2ccccc2C32c3ccccc3-c3ccccc32)c2cc3ccccc3c3c2c2ccc(-c4ccc5c6ccccc6c6ccccc6c5c4)cc2n3-c2ccccc2)cc1. The molecule has 0 saturated carbocycles. The first kappa shape index (κ1) is 40.3. The molecule has 1 aromatic heterocycles. The van der Waals surface area contributed by atoms with Gasteiger partial charge in [-0.2, -0.15) is 0 Å². The van der Waals surface area contributed by atoms with Gasteiger partial charge < -0.3 is 9.47 Å². The van der Waals surface area contributed by atoms with Crippen molar-refractivity contribution in [2.75, 3.05) is 4.90 Å². The lowest BCUT2D eigenvalue weighted by Crippen LogP contribution is -2.26. The Hall–Kier alpha value is -9.50. The third-order valence-electron chi connectivity index (χ3n) is 16.3. The van der Waals surface area contributed by atoms with Crippen molar-refractivity contribution in [3.63, 3.8) is 0 Å². The molecule has 0 bridgehead atoms. The molecule has 0 aliphatic heterocycles. The van der Waals surface area contributed by atoms with E-state index in [9.17, 15) is 0 Å². The fourth-order valence-corrected chi connectivity index (χ4v) is 13.4. The normalized spacial score (nSPS) is 13.0. The highest BCUT2D eigenvalue weighted by Gasteiger charge is 2.52. The van der Waals surface area contributed by atoms with Crippen LogP contribution in [0.4, 0.5) is 17.1 Å². The number of hydrogen-bond donors (Lipinski definition) is 0. The first-order valence-corrected chi connectivity index (χ1v) is 25.4. The lowest BCUT2D eigenvalue weighted by Gasteiger charge is -2.32. The second-order valence-corrected chi connectivity index (χ2v) is 19.9. The Bertz CT molecular complexity index is 4540. The van der Waals surface area contributed by atoms with Gasteiger partial charge in [0.1, 0.15) is 0 Å². The third kappa shape index (κ3) is 5.47. The van der Waals surface area contributed by atoms with Gasteiger partial charge in [-0.05, 0) is 136 Å². The van der Waals surface area contributed by atoms with Crippen molar-refractivity contribution >= 4 is 82.0 Å². The van der Waals surface area contributed by atoms with E-state index in [-0.39, 0.29) is 0 Å². The molecule has 2 nitrogen and oxygen atoms in total. The van der Waals surface area contributed by atoms with Crippen molar-refractivity contribution in [2.45, 2.75) is 5.41 Å². The maximum atomic E-state index is 2.57. The molecule has 0 atom stereocenters. The van der Waals surface area contributed by atoms with Crippen LogP contribution in [0.5, 0.6) is 0 Å². The lowest BCUT2D eigenvalue weighted by atomic mass is 9.70. The lowest BCUT2D eigenvalue weighted by molar-refractivity contribution is 0.794. The smallest absolute Gasteiger partial charge is 0.0726 e. The molecule has 16 rings (SSSR count). The van der Waals surface area contributed by atoms with Crippen LogP contribution in [0.15, 0.2) is 267 Å². The Morgan fingerprint density at radius 3 is 1.48 bits per heavy atom. The molecule has 0 radical (unpaired) electrons. The quantitative estimate of drug-likeness (QED) is 0.156. The average molecular weight is 925 g/mol. The molecule has 14 aromatic rings.